The zero-order valence-electron chi connectivity index (χ0n) is 14.6. The molecule has 3 rings (SSSR count). The number of aliphatic carboxylic acids is 1. The second kappa shape index (κ2) is 7.81. The number of hydrogen-bond acceptors (Lipinski definition) is 3. The Morgan fingerprint density at radius 1 is 1.20 bits per heavy atom. The minimum atomic E-state index is -0.786. The number of carboxylic acids is 1. The van der Waals surface area contributed by atoms with E-state index in [1.165, 1.54) is 16.7 Å². The zero-order chi connectivity index (χ0) is 17.7. The fourth-order valence-corrected chi connectivity index (χ4v) is 3.38. The number of carbonyl (C=O) groups is 1. The number of ether oxygens (including phenoxy) is 1. The van der Waals surface area contributed by atoms with Gasteiger partial charge in [0.2, 0.25) is 0 Å². The van der Waals surface area contributed by atoms with Crippen LogP contribution in [-0.4, -0.2) is 29.8 Å². The summed E-state index contributed by atoms with van der Waals surface area (Å²) >= 11 is 0. The summed E-state index contributed by atoms with van der Waals surface area (Å²) in [5.74, 6) is -0.786. The lowest BCUT2D eigenvalue weighted by Gasteiger charge is -2.37. The predicted octanol–water partition coefficient (Wildman–Crippen LogP) is 3.78. The lowest BCUT2D eigenvalue weighted by molar-refractivity contribution is -0.140. The van der Waals surface area contributed by atoms with Gasteiger partial charge < -0.3 is 15.2 Å². The Morgan fingerprint density at radius 2 is 2.00 bits per heavy atom. The molecule has 1 atom stereocenters. The molecule has 0 aliphatic carbocycles. The first-order valence-corrected chi connectivity index (χ1v) is 8.77. The molecular formula is C21H25NO3. The van der Waals surface area contributed by atoms with Crippen LogP contribution in [0.1, 0.15) is 30.4 Å². The molecule has 1 unspecified atom stereocenters. The number of hydrogen-bond donors (Lipinski definition) is 2. The summed E-state index contributed by atoms with van der Waals surface area (Å²) in [7, 11) is 0. The lowest BCUT2D eigenvalue weighted by Crippen LogP contribution is -2.52. The SMILES string of the molecule is Cc1ccc(-c2cccc(CNC3(CC(=O)O)CCCOC3)c2)cc1. The summed E-state index contributed by atoms with van der Waals surface area (Å²) in [4.78, 5) is 11.3. The van der Waals surface area contributed by atoms with E-state index in [1.807, 2.05) is 6.07 Å². The predicted molar refractivity (Wildman–Crippen MR) is 98.5 cm³/mol. The lowest BCUT2D eigenvalue weighted by atomic mass is 9.88. The van der Waals surface area contributed by atoms with Crippen LogP contribution in [0.2, 0.25) is 0 Å². The summed E-state index contributed by atoms with van der Waals surface area (Å²) in [6.07, 6.45) is 1.81. The summed E-state index contributed by atoms with van der Waals surface area (Å²) in [5, 5.41) is 12.7. The van der Waals surface area contributed by atoms with Crippen molar-refractivity contribution in [2.24, 2.45) is 0 Å². The van der Waals surface area contributed by atoms with Crippen LogP contribution in [0.4, 0.5) is 0 Å². The maximum absolute atomic E-state index is 11.3. The van der Waals surface area contributed by atoms with Crippen molar-refractivity contribution in [2.45, 2.75) is 38.3 Å². The largest absolute Gasteiger partial charge is 0.481 e. The Kier molecular flexibility index (Phi) is 5.51. The molecule has 1 heterocycles. The summed E-state index contributed by atoms with van der Waals surface area (Å²) in [5.41, 5.74) is 4.28. The van der Waals surface area contributed by atoms with E-state index in [1.54, 1.807) is 0 Å². The second-order valence-electron chi connectivity index (χ2n) is 6.93. The van der Waals surface area contributed by atoms with Crippen LogP contribution in [0.25, 0.3) is 11.1 Å². The van der Waals surface area contributed by atoms with Crippen molar-refractivity contribution in [3.63, 3.8) is 0 Å². The fourth-order valence-electron chi connectivity index (χ4n) is 3.38. The van der Waals surface area contributed by atoms with E-state index in [-0.39, 0.29) is 6.42 Å². The Morgan fingerprint density at radius 3 is 2.68 bits per heavy atom. The third kappa shape index (κ3) is 4.68. The van der Waals surface area contributed by atoms with Crippen LogP contribution in [-0.2, 0) is 16.1 Å². The van der Waals surface area contributed by atoms with Crippen LogP contribution in [0, 0.1) is 6.92 Å². The van der Waals surface area contributed by atoms with Gasteiger partial charge in [-0.25, -0.2) is 0 Å². The molecule has 0 saturated carbocycles. The Hall–Kier alpha value is -2.17. The molecule has 2 N–H and O–H groups in total. The van der Waals surface area contributed by atoms with Crippen LogP contribution in [0.15, 0.2) is 48.5 Å². The third-order valence-electron chi connectivity index (χ3n) is 4.79. The van der Waals surface area contributed by atoms with Gasteiger partial charge in [0.1, 0.15) is 0 Å². The van der Waals surface area contributed by atoms with Gasteiger partial charge in [-0.15, -0.1) is 0 Å². The minimum Gasteiger partial charge on any atom is -0.481 e. The molecule has 1 saturated heterocycles. The van der Waals surface area contributed by atoms with E-state index >= 15 is 0 Å². The molecule has 2 aromatic rings. The van der Waals surface area contributed by atoms with E-state index in [0.717, 1.165) is 18.4 Å². The Balaban J connectivity index is 1.72. The highest BCUT2D eigenvalue weighted by molar-refractivity contribution is 5.68. The highest BCUT2D eigenvalue weighted by Gasteiger charge is 2.34. The number of nitrogens with one attached hydrogen (secondary N) is 1. The summed E-state index contributed by atoms with van der Waals surface area (Å²) in [6.45, 7) is 3.89. The molecule has 0 radical (unpaired) electrons. The molecule has 0 aromatic heterocycles. The molecule has 4 nitrogen and oxygen atoms in total. The highest BCUT2D eigenvalue weighted by atomic mass is 16.5. The first kappa shape index (κ1) is 17.6. The molecule has 25 heavy (non-hydrogen) atoms. The van der Waals surface area contributed by atoms with E-state index < -0.39 is 11.5 Å². The molecule has 1 aliphatic rings. The maximum Gasteiger partial charge on any atom is 0.305 e. The average Bonchev–Trinajstić information content (AvgIpc) is 2.61. The van der Waals surface area contributed by atoms with Crippen molar-refractivity contribution in [2.75, 3.05) is 13.2 Å². The van der Waals surface area contributed by atoms with Crippen LogP contribution in [0.5, 0.6) is 0 Å². The molecule has 4 heteroatoms. The Labute approximate surface area is 148 Å². The number of carboxylic acid groups (broad SMARTS) is 1. The molecule has 0 bridgehead atoms. The molecule has 1 fully saturated rings. The van der Waals surface area contributed by atoms with E-state index in [0.29, 0.717) is 19.8 Å². The van der Waals surface area contributed by atoms with Gasteiger partial charge in [0.15, 0.2) is 0 Å². The number of aryl methyl sites for hydroxylation is 1. The van der Waals surface area contributed by atoms with Gasteiger partial charge in [-0.1, -0.05) is 48.0 Å². The van der Waals surface area contributed by atoms with Gasteiger partial charge in [0, 0.05) is 13.2 Å². The van der Waals surface area contributed by atoms with Crippen LogP contribution >= 0.6 is 0 Å². The average molecular weight is 339 g/mol. The second-order valence-corrected chi connectivity index (χ2v) is 6.93. The van der Waals surface area contributed by atoms with Crippen LogP contribution < -0.4 is 5.32 Å². The van der Waals surface area contributed by atoms with E-state index in [2.05, 4.69) is 54.7 Å². The van der Waals surface area contributed by atoms with Crippen molar-refractivity contribution in [3.8, 4) is 11.1 Å². The molecule has 2 aromatic carbocycles. The van der Waals surface area contributed by atoms with Crippen molar-refractivity contribution in [3.05, 3.63) is 59.7 Å². The first-order chi connectivity index (χ1) is 12.1. The van der Waals surface area contributed by atoms with Gasteiger partial charge >= 0.3 is 5.97 Å². The first-order valence-electron chi connectivity index (χ1n) is 8.77. The number of benzene rings is 2. The van der Waals surface area contributed by atoms with E-state index in [9.17, 15) is 9.90 Å². The summed E-state index contributed by atoms with van der Waals surface area (Å²) in [6, 6.07) is 16.9. The molecule has 1 aliphatic heterocycles. The molecule has 0 amide bonds. The van der Waals surface area contributed by atoms with Gasteiger partial charge in [-0.3, -0.25) is 4.79 Å². The normalized spacial score (nSPS) is 20.4. The van der Waals surface area contributed by atoms with Crippen LogP contribution in [0.3, 0.4) is 0 Å². The van der Waals surface area contributed by atoms with Gasteiger partial charge in [-0.2, -0.15) is 0 Å². The minimum absolute atomic E-state index is 0.0879. The molecule has 0 spiro atoms. The maximum atomic E-state index is 11.3. The summed E-state index contributed by atoms with van der Waals surface area (Å²) < 4.78 is 5.55. The van der Waals surface area contributed by atoms with Gasteiger partial charge in [0.25, 0.3) is 0 Å². The van der Waals surface area contributed by atoms with Crippen molar-refractivity contribution >= 4 is 5.97 Å². The topological polar surface area (TPSA) is 58.6 Å². The molecular weight excluding hydrogens is 314 g/mol. The number of rotatable bonds is 6. The fraction of sp³-hybridized carbons (Fsp3) is 0.381. The smallest absolute Gasteiger partial charge is 0.305 e. The zero-order valence-corrected chi connectivity index (χ0v) is 14.6. The van der Waals surface area contributed by atoms with Crippen molar-refractivity contribution < 1.29 is 14.6 Å². The van der Waals surface area contributed by atoms with Crippen molar-refractivity contribution in [1.29, 1.82) is 0 Å². The monoisotopic (exact) mass is 339 g/mol. The third-order valence-corrected chi connectivity index (χ3v) is 4.79. The highest BCUT2D eigenvalue weighted by Crippen LogP contribution is 2.25. The van der Waals surface area contributed by atoms with E-state index in [4.69, 9.17) is 4.74 Å². The molecule has 132 valence electrons. The quantitative estimate of drug-likeness (QED) is 0.841. The standard InChI is InChI=1S/C21H25NO3/c1-16-6-8-18(9-7-16)19-5-2-4-17(12-19)14-22-21(13-20(23)24)10-3-11-25-15-21/h2,4-9,12,22H,3,10-11,13-15H2,1H3,(H,23,24). The Bertz CT molecular complexity index is 718. The van der Waals surface area contributed by atoms with Gasteiger partial charge in [-0.05, 0) is 42.5 Å². The van der Waals surface area contributed by atoms with Gasteiger partial charge in [0.05, 0.1) is 18.6 Å². The van der Waals surface area contributed by atoms with Crippen molar-refractivity contribution in [1.82, 2.24) is 5.32 Å².